The lowest BCUT2D eigenvalue weighted by Crippen LogP contribution is -2.57. The van der Waals surface area contributed by atoms with Crippen LogP contribution in [0.15, 0.2) is 36.5 Å². The number of hydrogen-bond acceptors (Lipinski definition) is 8. The molecule has 0 unspecified atom stereocenters. The van der Waals surface area contributed by atoms with Crippen LogP contribution in [-0.4, -0.2) is 93.9 Å². The Bertz CT molecular complexity index is 1790. The third kappa shape index (κ3) is 6.18. The molecule has 11 heteroatoms. The summed E-state index contributed by atoms with van der Waals surface area (Å²) in [6.07, 6.45) is 7.28. The summed E-state index contributed by atoms with van der Waals surface area (Å²) in [4.78, 5) is 32.7. The van der Waals surface area contributed by atoms with Crippen LogP contribution in [0.5, 0.6) is 6.01 Å². The molecule has 3 N–H and O–H groups in total. The van der Waals surface area contributed by atoms with E-state index in [-0.39, 0.29) is 35.7 Å². The Balaban J connectivity index is 1.26. The molecule has 3 aliphatic heterocycles. The number of aromatic nitrogens is 3. The van der Waals surface area contributed by atoms with Gasteiger partial charge in [0, 0.05) is 52.7 Å². The SMILES string of the molecule is CCc1cccc2[nH]cc(-c3ccc4c(N5C[C@H]6CC[C@@H](C5)N6C(=O)OC(C)(C)C)nc(OC[C@@H]5CCCN5CCCN)nc4c3F)c12. The number of halogens is 1. The Hall–Kier alpha value is -3.96. The van der Waals surface area contributed by atoms with Crippen LogP contribution in [0, 0.1) is 5.82 Å². The number of benzene rings is 2. The molecule has 2 bridgehead atoms. The molecule has 1 amide bonds. The number of carbonyl (C=O) groups excluding carboxylic acids is 1. The minimum absolute atomic E-state index is 0.0228. The maximum atomic E-state index is 16.9. The Labute approximate surface area is 281 Å². The summed E-state index contributed by atoms with van der Waals surface area (Å²) < 4.78 is 29.0. The van der Waals surface area contributed by atoms with Crippen molar-refractivity contribution in [2.75, 3.05) is 44.2 Å². The summed E-state index contributed by atoms with van der Waals surface area (Å²) in [5.74, 6) is 0.245. The maximum Gasteiger partial charge on any atom is 0.410 e. The molecule has 5 heterocycles. The van der Waals surface area contributed by atoms with Crippen molar-refractivity contribution >= 4 is 33.7 Å². The molecule has 3 atom stereocenters. The highest BCUT2D eigenvalue weighted by atomic mass is 19.1. The van der Waals surface area contributed by atoms with Crippen LogP contribution >= 0.6 is 0 Å². The molecule has 3 fully saturated rings. The van der Waals surface area contributed by atoms with E-state index in [0.29, 0.717) is 43.0 Å². The number of anilines is 1. The fourth-order valence-corrected chi connectivity index (χ4v) is 7.94. The second kappa shape index (κ2) is 13.2. The van der Waals surface area contributed by atoms with Crippen molar-refractivity contribution in [2.24, 2.45) is 5.73 Å². The molecule has 48 heavy (non-hydrogen) atoms. The summed E-state index contributed by atoms with van der Waals surface area (Å²) in [7, 11) is 0. The Morgan fingerprint density at radius 2 is 1.88 bits per heavy atom. The first-order valence-corrected chi connectivity index (χ1v) is 17.6. The lowest BCUT2D eigenvalue weighted by atomic mass is 9.98. The summed E-state index contributed by atoms with van der Waals surface area (Å²) in [5.41, 5.74) is 8.90. The van der Waals surface area contributed by atoms with Gasteiger partial charge in [0.1, 0.15) is 23.5 Å². The normalized spacial score (nSPS) is 21.5. The van der Waals surface area contributed by atoms with Crippen molar-refractivity contribution in [1.82, 2.24) is 24.8 Å². The molecular formula is C37H48FN7O3. The Morgan fingerprint density at radius 1 is 1.08 bits per heavy atom. The van der Waals surface area contributed by atoms with Crippen LogP contribution in [0.1, 0.15) is 65.4 Å². The van der Waals surface area contributed by atoms with E-state index in [4.69, 9.17) is 25.2 Å². The summed E-state index contributed by atoms with van der Waals surface area (Å²) in [5, 5.41) is 1.66. The van der Waals surface area contributed by atoms with Gasteiger partial charge in [-0.3, -0.25) is 9.80 Å². The number of nitrogens with two attached hydrogens (primary N) is 1. The van der Waals surface area contributed by atoms with E-state index >= 15 is 4.39 Å². The van der Waals surface area contributed by atoms with Gasteiger partial charge in [-0.2, -0.15) is 9.97 Å². The highest BCUT2D eigenvalue weighted by Crippen LogP contribution is 2.40. The van der Waals surface area contributed by atoms with Crippen LogP contribution < -0.4 is 15.4 Å². The van der Waals surface area contributed by atoms with Gasteiger partial charge >= 0.3 is 12.1 Å². The van der Waals surface area contributed by atoms with Crippen molar-refractivity contribution < 1.29 is 18.7 Å². The molecule has 0 radical (unpaired) electrons. The van der Waals surface area contributed by atoms with Crippen LogP contribution in [-0.2, 0) is 11.2 Å². The minimum atomic E-state index is -0.570. The van der Waals surface area contributed by atoms with Gasteiger partial charge in [-0.1, -0.05) is 25.1 Å². The zero-order valence-electron chi connectivity index (χ0n) is 28.6. The second-order valence-electron chi connectivity index (χ2n) is 14.5. The van der Waals surface area contributed by atoms with Crippen molar-refractivity contribution in [1.29, 1.82) is 0 Å². The van der Waals surface area contributed by atoms with E-state index in [2.05, 4.69) is 27.8 Å². The lowest BCUT2D eigenvalue weighted by Gasteiger charge is -2.42. The largest absolute Gasteiger partial charge is 0.462 e. The smallest absolute Gasteiger partial charge is 0.410 e. The second-order valence-corrected chi connectivity index (χ2v) is 14.5. The fourth-order valence-electron chi connectivity index (χ4n) is 7.94. The molecule has 0 aliphatic carbocycles. The molecular weight excluding hydrogens is 609 g/mol. The number of aryl methyl sites for hydroxylation is 1. The zero-order chi connectivity index (χ0) is 33.6. The number of hydrogen-bond donors (Lipinski definition) is 2. The highest BCUT2D eigenvalue weighted by Gasteiger charge is 2.45. The number of H-pyrrole nitrogens is 1. The number of piperazine rings is 1. The average molecular weight is 658 g/mol. The number of aromatic amines is 1. The van der Waals surface area contributed by atoms with Gasteiger partial charge in [0.25, 0.3) is 0 Å². The molecule has 2 aromatic carbocycles. The summed E-state index contributed by atoms with van der Waals surface area (Å²) in [6.45, 7) is 12.0. The maximum absolute atomic E-state index is 16.9. The van der Waals surface area contributed by atoms with E-state index in [9.17, 15) is 4.79 Å². The molecule has 4 aromatic rings. The monoisotopic (exact) mass is 657 g/mol. The van der Waals surface area contributed by atoms with E-state index in [0.717, 1.165) is 73.6 Å². The number of likely N-dealkylation sites (tertiary alicyclic amines) is 1. The molecule has 2 aromatic heterocycles. The fraction of sp³-hybridized carbons (Fsp3) is 0.541. The predicted octanol–water partition coefficient (Wildman–Crippen LogP) is 6.26. The number of nitrogens with one attached hydrogen (secondary N) is 1. The number of ether oxygens (including phenoxy) is 2. The molecule has 7 rings (SSSR count). The van der Waals surface area contributed by atoms with Crippen molar-refractivity contribution in [3.63, 3.8) is 0 Å². The summed E-state index contributed by atoms with van der Waals surface area (Å²) in [6, 6.07) is 10.3. The number of rotatable bonds is 9. The number of nitrogens with zero attached hydrogens (tertiary/aromatic N) is 5. The van der Waals surface area contributed by atoms with Crippen LogP contribution in [0.4, 0.5) is 15.0 Å². The van der Waals surface area contributed by atoms with E-state index < -0.39 is 11.4 Å². The lowest BCUT2D eigenvalue weighted by molar-refractivity contribution is 0.0122. The molecule has 10 nitrogen and oxygen atoms in total. The molecule has 3 aliphatic rings. The van der Waals surface area contributed by atoms with Gasteiger partial charge in [0.05, 0.1) is 12.1 Å². The number of fused-ring (bicyclic) bond motifs is 4. The molecule has 256 valence electrons. The Morgan fingerprint density at radius 3 is 2.60 bits per heavy atom. The van der Waals surface area contributed by atoms with Crippen LogP contribution in [0.3, 0.4) is 0 Å². The first kappa shape index (κ1) is 32.6. The predicted molar refractivity (Wildman–Crippen MR) is 187 cm³/mol. The average Bonchev–Trinajstić information content (AvgIpc) is 3.77. The first-order chi connectivity index (χ1) is 23.1. The minimum Gasteiger partial charge on any atom is -0.462 e. The molecule has 3 saturated heterocycles. The van der Waals surface area contributed by atoms with Crippen LogP contribution in [0.2, 0.25) is 0 Å². The summed E-state index contributed by atoms with van der Waals surface area (Å²) >= 11 is 0. The van der Waals surface area contributed by atoms with E-state index in [1.54, 1.807) is 0 Å². The van der Waals surface area contributed by atoms with Gasteiger partial charge in [-0.25, -0.2) is 9.18 Å². The van der Waals surface area contributed by atoms with Crippen molar-refractivity contribution in [2.45, 2.75) is 89.9 Å². The van der Waals surface area contributed by atoms with Gasteiger partial charge in [0.15, 0.2) is 5.82 Å². The van der Waals surface area contributed by atoms with Crippen molar-refractivity contribution in [3.8, 4) is 17.1 Å². The van der Waals surface area contributed by atoms with Crippen LogP contribution in [0.25, 0.3) is 32.9 Å². The molecule has 0 saturated carbocycles. The number of amides is 1. The highest BCUT2D eigenvalue weighted by molar-refractivity contribution is 6.01. The van der Waals surface area contributed by atoms with Crippen molar-refractivity contribution in [3.05, 3.63) is 47.9 Å². The zero-order valence-corrected chi connectivity index (χ0v) is 28.6. The van der Waals surface area contributed by atoms with E-state index in [1.165, 1.54) is 0 Å². The first-order valence-electron chi connectivity index (χ1n) is 17.6. The quantitative estimate of drug-likeness (QED) is 0.217. The van der Waals surface area contributed by atoms with E-state index in [1.807, 2.05) is 56.1 Å². The van der Waals surface area contributed by atoms with Gasteiger partial charge in [-0.15, -0.1) is 0 Å². The molecule has 0 spiro atoms. The third-order valence-corrected chi connectivity index (χ3v) is 10.2. The third-order valence-electron chi connectivity index (χ3n) is 10.2. The Kier molecular flexibility index (Phi) is 8.93. The van der Waals surface area contributed by atoms with Gasteiger partial charge in [-0.05, 0) is 96.6 Å². The van der Waals surface area contributed by atoms with Gasteiger partial charge < -0.3 is 25.1 Å². The standard InChI is InChI=1S/C37H48FN7O3/c1-5-23-9-6-11-30-31(23)29(19-40-30)27-14-15-28-33(32(27)38)41-35(47-22-26-10-7-17-43(26)18-8-16-39)42-34(28)44-20-24-12-13-25(21-44)45(24)36(46)48-37(2,3)4/h6,9,11,14-15,19,24-26,40H,5,7-8,10,12-13,16-18,20-22,39H2,1-4H3/t24-,25+,26-/m0/s1. The topological polar surface area (TPSA) is 113 Å². The van der Waals surface area contributed by atoms with Gasteiger partial charge in [0.2, 0.25) is 0 Å². The number of carbonyl (C=O) groups is 1.